The van der Waals surface area contributed by atoms with Gasteiger partial charge in [0.2, 0.25) is 0 Å². The van der Waals surface area contributed by atoms with Crippen LogP contribution in [0.5, 0.6) is 5.75 Å². The number of hydrogen-bond donors (Lipinski definition) is 1. The SMILES string of the molecule is COC(=O)CC(C)c1nccc(C)c1O. The maximum atomic E-state index is 11.1. The zero-order valence-electron chi connectivity index (χ0n) is 9.15. The van der Waals surface area contributed by atoms with Gasteiger partial charge in [0.25, 0.3) is 0 Å². The predicted molar refractivity (Wildman–Crippen MR) is 55.7 cm³/mol. The molecule has 0 saturated carbocycles. The summed E-state index contributed by atoms with van der Waals surface area (Å²) in [7, 11) is 1.35. The van der Waals surface area contributed by atoms with Gasteiger partial charge < -0.3 is 9.84 Å². The number of aromatic nitrogens is 1. The highest BCUT2D eigenvalue weighted by Crippen LogP contribution is 2.28. The summed E-state index contributed by atoms with van der Waals surface area (Å²) in [6, 6.07) is 1.73. The quantitative estimate of drug-likeness (QED) is 0.770. The van der Waals surface area contributed by atoms with E-state index in [1.807, 2.05) is 6.92 Å². The van der Waals surface area contributed by atoms with Gasteiger partial charge in [-0.05, 0) is 18.6 Å². The molecule has 82 valence electrons. The number of pyridine rings is 1. The standard InChI is InChI=1S/C11H15NO3/c1-7-4-5-12-10(11(7)14)8(2)6-9(13)15-3/h4-5,8,14H,6H2,1-3H3. The second kappa shape index (κ2) is 4.77. The van der Waals surface area contributed by atoms with Gasteiger partial charge in [0.15, 0.2) is 0 Å². The molecule has 0 aromatic carbocycles. The van der Waals surface area contributed by atoms with Crippen molar-refractivity contribution in [1.82, 2.24) is 4.98 Å². The van der Waals surface area contributed by atoms with Crippen LogP contribution in [0.2, 0.25) is 0 Å². The van der Waals surface area contributed by atoms with Crippen molar-refractivity contribution in [2.75, 3.05) is 7.11 Å². The van der Waals surface area contributed by atoms with Crippen LogP contribution < -0.4 is 0 Å². The Labute approximate surface area is 88.9 Å². The second-order valence-electron chi connectivity index (χ2n) is 3.54. The Kier molecular flexibility index (Phi) is 3.66. The molecule has 1 N–H and O–H groups in total. The minimum atomic E-state index is -0.301. The number of rotatable bonds is 3. The van der Waals surface area contributed by atoms with E-state index in [1.54, 1.807) is 19.2 Å². The smallest absolute Gasteiger partial charge is 0.306 e. The molecule has 15 heavy (non-hydrogen) atoms. The summed E-state index contributed by atoms with van der Waals surface area (Å²) < 4.78 is 4.56. The van der Waals surface area contributed by atoms with Gasteiger partial charge in [0.1, 0.15) is 5.75 Å². The lowest BCUT2D eigenvalue weighted by Crippen LogP contribution is -2.07. The third-order valence-electron chi connectivity index (χ3n) is 2.32. The number of nitrogens with zero attached hydrogens (tertiary/aromatic N) is 1. The van der Waals surface area contributed by atoms with E-state index in [9.17, 15) is 9.90 Å². The normalized spacial score (nSPS) is 12.2. The Morgan fingerprint density at radius 1 is 1.67 bits per heavy atom. The van der Waals surface area contributed by atoms with E-state index >= 15 is 0 Å². The molecule has 0 aliphatic carbocycles. The largest absolute Gasteiger partial charge is 0.506 e. The van der Waals surface area contributed by atoms with Crippen LogP contribution in [0, 0.1) is 6.92 Å². The lowest BCUT2D eigenvalue weighted by atomic mass is 10.0. The predicted octanol–water partition coefficient (Wildman–Crippen LogP) is 1.76. The van der Waals surface area contributed by atoms with Crippen LogP contribution in [-0.4, -0.2) is 23.2 Å². The molecule has 1 atom stereocenters. The first-order valence-electron chi connectivity index (χ1n) is 4.77. The van der Waals surface area contributed by atoms with Gasteiger partial charge in [0.05, 0.1) is 19.2 Å². The van der Waals surface area contributed by atoms with Gasteiger partial charge in [-0.15, -0.1) is 0 Å². The number of ether oxygens (including phenoxy) is 1. The zero-order valence-corrected chi connectivity index (χ0v) is 9.15. The highest BCUT2D eigenvalue weighted by molar-refractivity contribution is 5.70. The van der Waals surface area contributed by atoms with Gasteiger partial charge in [-0.25, -0.2) is 0 Å². The van der Waals surface area contributed by atoms with Crippen LogP contribution in [0.15, 0.2) is 12.3 Å². The molecule has 0 amide bonds. The molecular weight excluding hydrogens is 194 g/mol. The number of hydrogen-bond acceptors (Lipinski definition) is 4. The fraction of sp³-hybridized carbons (Fsp3) is 0.455. The van der Waals surface area contributed by atoms with Gasteiger partial charge >= 0.3 is 5.97 Å². The molecule has 4 heteroatoms. The summed E-state index contributed by atoms with van der Waals surface area (Å²) in [5.41, 5.74) is 1.30. The summed E-state index contributed by atoms with van der Waals surface area (Å²) in [4.78, 5) is 15.1. The molecule has 0 fully saturated rings. The Morgan fingerprint density at radius 2 is 2.33 bits per heavy atom. The van der Waals surface area contributed by atoms with E-state index in [0.717, 1.165) is 5.56 Å². The average molecular weight is 209 g/mol. The van der Waals surface area contributed by atoms with Gasteiger partial charge in [-0.2, -0.15) is 0 Å². The Bertz CT molecular complexity index is 363. The monoisotopic (exact) mass is 209 g/mol. The summed E-state index contributed by atoms with van der Waals surface area (Å²) >= 11 is 0. The first kappa shape index (κ1) is 11.5. The van der Waals surface area contributed by atoms with Crippen LogP contribution in [0.25, 0.3) is 0 Å². The molecule has 1 unspecified atom stereocenters. The molecule has 0 radical (unpaired) electrons. The maximum absolute atomic E-state index is 11.1. The molecule has 1 rings (SSSR count). The Balaban J connectivity index is 2.86. The molecule has 0 aliphatic rings. The molecule has 1 aromatic rings. The van der Waals surface area contributed by atoms with E-state index in [-0.39, 0.29) is 24.1 Å². The number of aromatic hydroxyl groups is 1. The van der Waals surface area contributed by atoms with Gasteiger partial charge in [-0.1, -0.05) is 6.92 Å². The summed E-state index contributed by atoms with van der Waals surface area (Å²) in [6.45, 7) is 3.63. The van der Waals surface area contributed by atoms with Crippen LogP contribution >= 0.6 is 0 Å². The molecule has 1 aromatic heterocycles. The van der Waals surface area contributed by atoms with E-state index in [1.165, 1.54) is 7.11 Å². The highest BCUT2D eigenvalue weighted by atomic mass is 16.5. The fourth-order valence-corrected chi connectivity index (χ4v) is 1.36. The summed E-state index contributed by atoms with van der Waals surface area (Å²) in [6.07, 6.45) is 1.85. The third kappa shape index (κ3) is 2.68. The topological polar surface area (TPSA) is 59.4 Å². The first-order valence-corrected chi connectivity index (χ1v) is 4.77. The number of esters is 1. The van der Waals surface area contributed by atoms with Crippen LogP contribution in [0.1, 0.15) is 30.5 Å². The van der Waals surface area contributed by atoms with Gasteiger partial charge in [-0.3, -0.25) is 9.78 Å². The minimum absolute atomic E-state index is 0.141. The second-order valence-corrected chi connectivity index (χ2v) is 3.54. The van der Waals surface area contributed by atoms with Crippen molar-refractivity contribution >= 4 is 5.97 Å². The molecule has 4 nitrogen and oxygen atoms in total. The molecule has 0 bridgehead atoms. The van der Waals surface area contributed by atoms with Crippen molar-refractivity contribution in [1.29, 1.82) is 0 Å². The van der Waals surface area contributed by atoms with Crippen molar-refractivity contribution in [3.05, 3.63) is 23.5 Å². The van der Waals surface area contributed by atoms with Crippen LogP contribution in [0.4, 0.5) is 0 Å². The van der Waals surface area contributed by atoms with Crippen molar-refractivity contribution in [2.24, 2.45) is 0 Å². The fourth-order valence-electron chi connectivity index (χ4n) is 1.36. The van der Waals surface area contributed by atoms with Gasteiger partial charge in [0, 0.05) is 12.1 Å². The lowest BCUT2D eigenvalue weighted by molar-refractivity contribution is -0.141. The van der Waals surface area contributed by atoms with E-state index in [2.05, 4.69) is 9.72 Å². The molecule has 0 spiro atoms. The molecule has 0 saturated heterocycles. The van der Waals surface area contributed by atoms with Crippen LogP contribution in [-0.2, 0) is 9.53 Å². The van der Waals surface area contributed by atoms with E-state index < -0.39 is 0 Å². The Morgan fingerprint density at radius 3 is 2.93 bits per heavy atom. The number of carbonyl (C=O) groups is 1. The number of methoxy groups -OCH3 is 1. The average Bonchev–Trinajstić information content (AvgIpc) is 2.21. The first-order chi connectivity index (χ1) is 7.06. The van der Waals surface area contributed by atoms with Crippen LogP contribution in [0.3, 0.4) is 0 Å². The number of carbonyl (C=O) groups excluding carboxylic acids is 1. The third-order valence-corrected chi connectivity index (χ3v) is 2.32. The van der Waals surface area contributed by atoms with Crippen molar-refractivity contribution in [3.63, 3.8) is 0 Å². The zero-order chi connectivity index (χ0) is 11.4. The van der Waals surface area contributed by atoms with E-state index in [0.29, 0.717) is 5.69 Å². The number of aryl methyl sites for hydroxylation is 1. The molecule has 0 aliphatic heterocycles. The van der Waals surface area contributed by atoms with Crippen molar-refractivity contribution in [3.8, 4) is 5.75 Å². The van der Waals surface area contributed by atoms with Crippen molar-refractivity contribution < 1.29 is 14.6 Å². The summed E-state index contributed by atoms with van der Waals surface area (Å²) in [5.74, 6) is -0.281. The lowest BCUT2D eigenvalue weighted by Gasteiger charge is -2.12. The maximum Gasteiger partial charge on any atom is 0.306 e. The Hall–Kier alpha value is -1.58. The molecule has 1 heterocycles. The van der Waals surface area contributed by atoms with E-state index in [4.69, 9.17) is 0 Å². The summed E-state index contributed by atoms with van der Waals surface area (Å²) in [5, 5.41) is 9.74. The molecular formula is C11H15NO3. The highest BCUT2D eigenvalue weighted by Gasteiger charge is 2.17. The van der Waals surface area contributed by atoms with Crippen molar-refractivity contribution in [2.45, 2.75) is 26.2 Å². The minimum Gasteiger partial charge on any atom is -0.506 e.